The van der Waals surface area contributed by atoms with Crippen molar-refractivity contribution < 1.29 is 4.74 Å². The summed E-state index contributed by atoms with van der Waals surface area (Å²) < 4.78 is 5.36. The highest BCUT2D eigenvalue weighted by molar-refractivity contribution is 6.10. The van der Waals surface area contributed by atoms with Crippen LogP contribution in [-0.2, 0) is 4.74 Å². The molecule has 0 amide bonds. The molecular formula is C7H16OSi. The van der Waals surface area contributed by atoms with Crippen LogP contribution in [-0.4, -0.2) is 22.6 Å². The first-order valence-corrected chi connectivity index (χ1v) is 4.65. The van der Waals surface area contributed by atoms with Gasteiger partial charge in [-0.15, -0.1) is 6.58 Å². The van der Waals surface area contributed by atoms with Crippen LogP contribution >= 0.6 is 0 Å². The van der Waals surface area contributed by atoms with Gasteiger partial charge in [-0.1, -0.05) is 6.08 Å². The molecule has 0 saturated heterocycles. The molecule has 0 aromatic carbocycles. The molecule has 0 aromatic heterocycles. The standard InChI is InChI=1S/C7H16OSi/c1-3-4-5-6-8-7(2)9/h3,7H,1,4-6H2,2,9H3. The van der Waals surface area contributed by atoms with E-state index >= 15 is 0 Å². The number of hydrogen-bond acceptors (Lipinski definition) is 1. The van der Waals surface area contributed by atoms with Crippen molar-refractivity contribution in [2.45, 2.75) is 25.5 Å². The van der Waals surface area contributed by atoms with Gasteiger partial charge in [-0.3, -0.25) is 0 Å². The Kier molecular flexibility index (Phi) is 5.99. The normalized spacial score (nSPS) is 13.4. The topological polar surface area (TPSA) is 9.23 Å². The van der Waals surface area contributed by atoms with Crippen LogP contribution in [0.25, 0.3) is 0 Å². The minimum Gasteiger partial charge on any atom is -0.383 e. The molecule has 0 aliphatic carbocycles. The zero-order valence-electron chi connectivity index (χ0n) is 6.39. The summed E-state index contributed by atoms with van der Waals surface area (Å²) in [6.07, 6.45) is 4.13. The van der Waals surface area contributed by atoms with Gasteiger partial charge in [-0.05, 0) is 19.8 Å². The Morgan fingerprint density at radius 1 is 1.78 bits per heavy atom. The zero-order valence-corrected chi connectivity index (χ0v) is 8.39. The summed E-state index contributed by atoms with van der Waals surface area (Å²) in [5, 5.41) is 0. The predicted molar refractivity (Wildman–Crippen MR) is 44.8 cm³/mol. The SMILES string of the molecule is C=CCCCOC(C)[SiH3]. The predicted octanol–water partition coefficient (Wildman–Crippen LogP) is 0.681. The van der Waals surface area contributed by atoms with E-state index in [9.17, 15) is 0 Å². The van der Waals surface area contributed by atoms with E-state index in [2.05, 4.69) is 13.5 Å². The minimum atomic E-state index is 0.509. The molecule has 54 valence electrons. The minimum absolute atomic E-state index is 0.509. The highest BCUT2D eigenvalue weighted by atomic mass is 28.1. The van der Waals surface area contributed by atoms with E-state index < -0.39 is 0 Å². The Morgan fingerprint density at radius 3 is 2.89 bits per heavy atom. The number of hydrogen-bond donors (Lipinski definition) is 0. The summed E-state index contributed by atoms with van der Waals surface area (Å²) >= 11 is 0. The molecule has 0 bridgehead atoms. The maximum atomic E-state index is 5.36. The van der Waals surface area contributed by atoms with Crippen LogP contribution in [0, 0.1) is 0 Å². The molecule has 0 aromatic rings. The number of rotatable bonds is 5. The molecule has 0 N–H and O–H groups in total. The second kappa shape index (κ2) is 6.04. The zero-order chi connectivity index (χ0) is 7.11. The molecule has 0 heterocycles. The summed E-state index contributed by atoms with van der Waals surface area (Å²) in [5.74, 6) is 0. The highest BCUT2D eigenvalue weighted by Crippen LogP contribution is 1.91. The van der Waals surface area contributed by atoms with E-state index in [1.165, 1.54) is 0 Å². The lowest BCUT2D eigenvalue weighted by atomic mass is 10.3. The third kappa shape index (κ3) is 7.92. The third-order valence-electron chi connectivity index (χ3n) is 1.00. The fraction of sp³-hybridized carbons (Fsp3) is 0.714. The average molecular weight is 144 g/mol. The molecule has 2 heteroatoms. The molecule has 1 unspecified atom stereocenters. The Hall–Kier alpha value is -0.0831. The molecule has 0 aliphatic rings. The quantitative estimate of drug-likeness (QED) is 0.313. The maximum Gasteiger partial charge on any atom is 0.0467 e. The highest BCUT2D eigenvalue weighted by Gasteiger charge is 1.89. The first-order valence-electron chi connectivity index (χ1n) is 3.50. The first-order chi connectivity index (χ1) is 4.27. The van der Waals surface area contributed by atoms with E-state index in [0.29, 0.717) is 5.73 Å². The Morgan fingerprint density at radius 2 is 2.44 bits per heavy atom. The lowest BCUT2D eigenvalue weighted by Gasteiger charge is -2.04. The van der Waals surface area contributed by atoms with Gasteiger partial charge in [-0.2, -0.15) is 0 Å². The van der Waals surface area contributed by atoms with Crippen LogP contribution in [0.4, 0.5) is 0 Å². The largest absolute Gasteiger partial charge is 0.383 e. The van der Waals surface area contributed by atoms with Gasteiger partial charge < -0.3 is 4.74 Å². The molecule has 0 saturated carbocycles. The van der Waals surface area contributed by atoms with Crippen molar-refractivity contribution in [1.29, 1.82) is 0 Å². The van der Waals surface area contributed by atoms with Crippen LogP contribution in [0.3, 0.4) is 0 Å². The first kappa shape index (κ1) is 8.92. The molecule has 0 aliphatic heterocycles. The monoisotopic (exact) mass is 144 g/mol. The van der Waals surface area contributed by atoms with Gasteiger partial charge in [0.2, 0.25) is 0 Å². The van der Waals surface area contributed by atoms with Gasteiger partial charge in [0.1, 0.15) is 0 Å². The van der Waals surface area contributed by atoms with Gasteiger partial charge in [0, 0.05) is 22.6 Å². The summed E-state index contributed by atoms with van der Waals surface area (Å²) in [6, 6.07) is 0. The summed E-state index contributed by atoms with van der Waals surface area (Å²) in [4.78, 5) is 0. The van der Waals surface area contributed by atoms with Crippen LogP contribution in [0.5, 0.6) is 0 Å². The number of ether oxygens (including phenoxy) is 1. The second-order valence-corrected chi connectivity index (χ2v) is 3.98. The van der Waals surface area contributed by atoms with Crippen molar-refractivity contribution in [2.24, 2.45) is 0 Å². The van der Waals surface area contributed by atoms with Crippen molar-refractivity contribution in [3.63, 3.8) is 0 Å². The van der Waals surface area contributed by atoms with Gasteiger partial charge in [0.15, 0.2) is 0 Å². The van der Waals surface area contributed by atoms with Crippen LogP contribution in [0.1, 0.15) is 19.8 Å². The van der Waals surface area contributed by atoms with Gasteiger partial charge in [0.05, 0.1) is 0 Å². The van der Waals surface area contributed by atoms with Crippen LogP contribution < -0.4 is 0 Å². The fourth-order valence-electron chi connectivity index (χ4n) is 0.547. The molecule has 0 radical (unpaired) electrons. The molecule has 1 atom stereocenters. The average Bonchev–Trinajstić information content (AvgIpc) is 1.80. The van der Waals surface area contributed by atoms with Crippen molar-refractivity contribution >= 4 is 10.2 Å². The lowest BCUT2D eigenvalue weighted by Crippen LogP contribution is -2.07. The van der Waals surface area contributed by atoms with E-state index in [4.69, 9.17) is 4.74 Å². The second-order valence-electron chi connectivity index (χ2n) is 2.35. The lowest BCUT2D eigenvalue weighted by molar-refractivity contribution is 0.117. The van der Waals surface area contributed by atoms with Crippen LogP contribution in [0.15, 0.2) is 12.7 Å². The summed E-state index contributed by atoms with van der Waals surface area (Å²) in [7, 11) is 1.14. The molecule has 0 spiro atoms. The van der Waals surface area contributed by atoms with Crippen molar-refractivity contribution in [3.8, 4) is 0 Å². The van der Waals surface area contributed by atoms with E-state index in [0.717, 1.165) is 29.7 Å². The van der Waals surface area contributed by atoms with Gasteiger partial charge in [-0.25, -0.2) is 0 Å². The Balaban J connectivity index is 2.82. The molecule has 9 heavy (non-hydrogen) atoms. The number of unbranched alkanes of at least 4 members (excludes halogenated alkanes) is 1. The third-order valence-corrected chi connectivity index (χ3v) is 1.34. The van der Waals surface area contributed by atoms with Crippen molar-refractivity contribution in [2.75, 3.05) is 6.61 Å². The van der Waals surface area contributed by atoms with Crippen molar-refractivity contribution in [3.05, 3.63) is 12.7 Å². The molecule has 0 fully saturated rings. The number of allylic oxidation sites excluding steroid dienone is 1. The Labute approximate surface area is 60.5 Å². The Bertz CT molecular complexity index is 71.3. The molecule has 0 rings (SSSR count). The van der Waals surface area contributed by atoms with E-state index in [1.54, 1.807) is 0 Å². The maximum absolute atomic E-state index is 5.36. The summed E-state index contributed by atoms with van der Waals surface area (Å²) in [5.41, 5.74) is 0.509. The summed E-state index contributed by atoms with van der Waals surface area (Å²) in [6.45, 7) is 6.64. The fourth-order valence-corrected chi connectivity index (χ4v) is 0.782. The van der Waals surface area contributed by atoms with Gasteiger partial charge >= 0.3 is 0 Å². The van der Waals surface area contributed by atoms with Gasteiger partial charge in [0.25, 0.3) is 0 Å². The van der Waals surface area contributed by atoms with Crippen LogP contribution in [0.2, 0.25) is 0 Å². The smallest absolute Gasteiger partial charge is 0.0467 e. The van der Waals surface area contributed by atoms with E-state index in [-0.39, 0.29) is 0 Å². The van der Waals surface area contributed by atoms with Crippen molar-refractivity contribution in [1.82, 2.24) is 0 Å². The van der Waals surface area contributed by atoms with E-state index in [1.807, 2.05) is 6.08 Å². The molecular weight excluding hydrogens is 128 g/mol. The molecule has 1 nitrogen and oxygen atoms in total.